The van der Waals surface area contributed by atoms with E-state index < -0.39 is 13.9 Å². The standard InChI is InChI=1S/C8H4Cl3NO2S2/c9-8(10,11)12-7(15)5-3-1-2-4-6(5)16(12,13)14/h1-4H. The first-order valence-electron chi connectivity index (χ1n) is 4.02. The summed E-state index contributed by atoms with van der Waals surface area (Å²) >= 11 is 21.8. The number of alkyl halides is 3. The van der Waals surface area contributed by atoms with Crippen molar-refractivity contribution in [2.75, 3.05) is 0 Å². The monoisotopic (exact) mass is 315 g/mol. The SMILES string of the molecule is O=S1(=O)c2ccccc2C(=S)N1C(Cl)(Cl)Cl. The van der Waals surface area contributed by atoms with Crippen LogP contribution in [0.2, 0.25) is 0 Å². The van der Waals surface area contributed by atoms with E-state index in [9.17, 15) is 8.42 Å². The number of benzene rings is 1. The third-order valence-corrected chi connectivity index (χ3v) is 5.23. The topological polar surface area (TPSA) is 37.4 Å². The first-order valence-corrected chi connectivity index (χ1v) is 7.00. The summed E-state index contributed by atoms with van der Waals surface area (Å²) in [6.07, 6.45) is 0. The summed E-state index contributed by atoms with van der Waals surface area (Å²) in [5.74, 6) is 0. The molecule has 2 rings (SSSR count). The zero-order valence-electron chi connectivity index (χ0n) is 7.52. The molecular weight excluding hydrogens is 313 g/mol. The smallest absolute Gasteiger partial charge is 0.208 e. The van der Waals surface area contributed by atoms with Crippen LogP contribution in [0.25, 0.3) is 0 Å². The fraction of sp³-hybridized carbons (Fsp3) is 0.125. The van der Waals surface area contributed by atoms with E-state index in [0.29, 0.717) is 9.87 Å². The minimum atomic E-state index is -3.86. The molecule has 16 heavy (non-hydrogen) atoms. The number of sulfonamides is 1. The lowest BCUT2D eigenvalue weighted by Gasteiger charge is -2.24. The third kappa shape index (κ3) is 1.71. The highest BCUT2D eigenvalue weighted by molar-refractivity contribution is 7.93. The normalized spacial score (nSPS) is 18.7. The second-order valence-electron chi connectivity index (χ2n) is 3.04. The Balaban J connectivity index is 2.73. The van der Waals surface area contributed by atoms with E-state index in [-0.39, 0.29) is 9.88 Å². The lowest BCUT2D eigenvalue weighted by Crippen LogP contribution is -2.39. The lowest BCUT2D eigenvalue weighted by molar-refractivity contribution is 0.537. The molecule has 8 heteroatoms. The summed E-state index contributed by atoms with van der Waals surface area (Å²) in [5, 5.41) is 0. The van der Waals surface area contributed by atoms with E-state index in [1.807, 2.05) is 0 Å². The Morgan fingerprint density at radius 3 is 2.25 bits per heavy atom. The molecule has 0 saturated heterocycles. The van der Waals surface area contributed by atoms with Crippen LogP contribution in [0.1, 0.15) is 5.56 Å². The number of fused-ring (bicyclic) bond motifs is 1. The molecule has 1 heterocycles. The number of halogens is 3. The van der Waals surface area contributed by atoms with E-state index in [4.69, 9.17) is 47.0 Å². The number of rotatable bonds is 0. The van der Waals surface area contributed by atoms with Crippen LogP contribution in [-0.4, -0.2) is 21.6 Å². The van der Waals surface area contributed by atoms with Crippen molar-refractivity contribution in [2.24, 2.45) is 0 Å². The van der Waals surface area contributed by atoms with Crippen molar-refractivity contribution in [3.8, 4) is 0 Å². The van der Waals surface area contributed by atoms with E-state index in [1.54, 1.807) is 18.2 Å². The minimum Gasteiger partial charge on any atom is -0.208 e. The van der Waals surface area contributed by atoms with Gasteiger partial charge in [-0.1, -0.05) is 65.2 Å². The van der Waals surface area contributed by atoms with Gasteiger partial charge in [-0.3, -0.25) is 0 Å². The number of nitrogens with zero attached hydrogens (tertiary/aromatic N) is 1. The zero-order valence-corrected chi connectivity index (χ0v) is 11.4. The van der Waals surface area contributed by atoms with Gasteiger partial charge in [0, 0.05) is 5.56 Å². The molecule has 1 aliphatic rings. The van der Waals surface area contributed by atoms with Crippen molar-refractivity contribution < 1.29 is 8.42 Å². The Morgan fingerprint density at radius 1 is 1.19 bits per heavy atom. The van der Waals surface area contributed by atoms with Gasteiger partial charge in [-0.05, 0) is 6.07 Å². The number of hydrogen-bond donors (Lipinski definition) is 0. The molecule has 0 saturated carbocycles. The van der Waals surface area contributed by atoms with Gasteiger partial charge in [0.25, 0.3) is 13.9 Å². The van der Waals surface area contributed by atoms with Crippen LogP contribution >= 0.6 is 47.0 Å². The Hall–Kier alpha value is -0.0700. The Bertz CT molecular complexity index is 565. The Kier molecular flexibility index (Phi) is 2.88. The van der Waals surface area contributed by atoms with Crippen LogP contribution in [0.4, 0.5) is 0 Å². The van der Waals surface area contributed by atoms with Crippen LogP contribution in [0, 0.1) is 0 Å². The molecule has 0 bridgehead atoms. The van der Waals surface area contributed by atoms with Gasteiger partial charge >= 0.3 is 0 Å². The minimum absolute atomic E-state index is 0.00407. The maximum Gasteiger partial charge on any atom is 0.282 e. The Morgan fingerprint density at radius 2 is 1.75 bits per heavy atom. The third-order valence-electron chi connectivity index (χ3n) is 2.05. The molecular formula is C8H4Cl3NO2S2. The van der Waals surface area contributed by atoms with Gasteiger partial charge in [0.1, 0.15) is 4.99 Å². The van der Waals surface area contributed by atoms with Crippen molar-refractivity contribution in [1.29, 1.82) is 0 Å². The largest absolute Gasteiger partial charge is 0.282 e. The van der Waals surface area contributed by atoms with E-state index in [2.05, 4.69) is 0 Å². The molecule has 0 spiro atoms. The number of thiocarbonyl (C=S) groups is 1. The molecule has 1 aromatic carbocycles. The summed E-state index contributed by atoms with van der Waals surface area (Å²) in [6, 6.07) is 6.25. The Labute approximate surface area is 113 Å². The maximum atomic E-state index is 12.0. The van der Waals surface area contributed by atoms with Crippen LogP contribution < -0.4 is 0 Å². The summed E-state index contributed by atoms with van der Waals surface area (Å²) in [6.45, 7) is 0. The van der Waals surface area contributed by atoms with Crippen LogP contribution in [0.3, 0.4) is 0 Å². The van der Waals surface area contributed by atoms with Crippen molar-refractivity contribution in [1.82, 2.24) is 4.31 Å². The molecule has 0 fully saturated rings. The van der Waals surface area contributed by atoms with Gasteiger partial charge in [-0.2, -0.15) is 0 Å². The molecule has 0 atom stereocenters. The highest BCUT2D eigenvalue weighted by Gasteiger charge is 2.48. The van der Waals surface area contributed by atoms with E-state index >= 15 is 0 Å². The van der Waals surface area contributed by atoms with Crippen molar-refractivity contribution in [3.05, 3.63) is 29.8 Å². The lowest BCUT2D eigenvalue weighted by atomic mass is 10.2. The van der Waals surface area contributed by atoms with Crippen molar-refractivity contribution in [2.45, 2.75) is 8.81 Å². The maximum absolute atomic E-state index is 12.0. The average molecular weight is 317 g/mol. The molecule has 3 nitrogen and oxygen atoms in total. The summed E-state index contributed by atoms with van der Waals surface area (Å²) in [5.41, 5.74) is 0.379. The quantitative estimate of drug-likeness (QED) is 0.419. The number of hydrogen-bond acceptors (Lipinski definition) is 3. The van der Waals surface area contributed by atoms with Gasteiger partial charge < -0.3 is 0 Å². The van der Waals surface area contributed by atoms with Crippen molar-refractivity contribution >= 4 is 62.0 Å². The molecule has 0 unspecified atom stereocenters. The molecule has 0 radical (unpaired) electrons. The first kappa shape index (κ1) is 12.4. The van der Waals surface area contributed by atoms with Gasteiger partial charge in [0.15, 0.2) is 0 Å². The predicted molar refractivity (Wildman–Crippen MR) is 67.5 cm³/mol. The van der Waals surface area contributed by atoms with Gasteiger partial charge in [0.05, 0.1) is 4.90 Å². The molecule has 0 aromatic heterocycles. The van der Waals surface area contributed by atoms with Crippen molar-refractivity contribution in [3.63, 3.8) is 0 Å². The molecule has 0 N–H and O–H groups in total. The molecule has 1 aliphatic heterocycles. The first-order chi connectivity index (χ1) is 7.26. The van der Waals surface area contributed by atoms with Gasteiger partial charge in [0.2, 0.25) is 0 Å². The molecule has 1 aromatic rings. The van der Waals surface area contributed by atoms with Gasteiger partial charge in [-0.25, -0.2) is 12.7 Å². The van der Waals surface area contributed by atoms with Crippen LogP contribution in [-0.2, 0) is 10.0 Å². The van der Waals surface area contributed by atoms with Crippen LogP contribution in [0.15, 0.2) is 29.2 Å². The molecule has 0 aliphatic carbocycles. The summed E-state index contributed by atoms with van der Waals surface area (Å²) in [7, 11) is -3.86. The molecule has 0 amide bonds. The van der Waals surface area contributed by atoms with E-state index in [0.717, 1.165) is 0 Å². The highest BCUT2D eigenvalue weighted by Crippen LogP contribution is 2.42. The summed E-state index contributed by atoms with van der Waals surface area (Å²) in [4.78, 5) is 0.0573. The van der Waals surface area contributed by atoms with Crippen LogP contribution in [0.5, 0.6) is 0 Å². The average Bonchev–Trinajstić information content (AvgIpc) is 2.34. The zero-order chi connectivity index (χ0) is 12.1. The predicted octanol–water partition coefficient (Wildman–Crippen LogP) is 2.69. The highest BCUT2D eigenvalue weighted by atomic mass is 35.6. The summed E-state index contributed by atoms with van der Waals surface area (Å²) < 4.78 is 22.6. The second kappa shape index (κ2) is 3.71. The van der Waals surface area contributed by atoms with Gasteiger partial charge in [-0.15, -0.1) is 0 Å². The second-order valence-corrected chi connectivity index (χ2v) is 7.40. The molecule has 86 valence electrons. The van der Waals surface area contributed by atoms with E-state index in [1.165, 1.54) is 6.07 Å². The fourth-order valence-corrected chi connectivity index (χ4v) is 4.81. The fourth-order valence-electron chi connectivity index (χ4n) is 1.44.